The highest BCUT2D eigenvalue weighted by Crippen LogP contribution is 2.25. The van der Waals surface area contributed by atoms with Gasteiger partial charge in [0.25, 0.3) is 0 Å². The normalized spacial score (nSPS) is 18.3. The van der Waals surface area contributed by atoms with Crippen molar-refractivity contribution in [1.29, 1.82) is 0 Å². The number of alkyl carbamates (subject to hydrolysis) is 1. The summed E-state index contributed by atoms with van der Waals surface area (Å²) >= 11 is 0. The van der Waals surface area contributed by atoms with Crippen molar-refractivity contribution in [3.8, 4) is 17.0 Å². The van der Waals surface area contributed by atoms with Crippen LogP contribution in [0.1, 0.15) is 46.2 Å². The van der Waals surface area contributed by atoms with E-state index in [4.69, 9.17) is 9.47 Å². The lowest BCUT2D eigenvalue weighted by atomic mass is 9.91. The molecule has 186 valence electrons. The average Bonchev–Trinajstić information content (AvgIpc) is 3.26. The van der Waals surface area contributed by atoms with Crippen molar-refractivity contribution in [2.45, 2.75) is 58.2 Å². The molecule has 35 heavy (non-hydrogen) atoms. The molecule has 4 rings (SSSR count). The third-order valence-corrected chi connectivity index (χ3v) is 5.64. The minimum Gasteiger partial charge on any atom is -0.495 e. The molecule has 4 heterocycles. The van der Waals surface area contributed by atoms with Crippen LogP contribution >= 0.6 is 0 Å². The number of carbonyl (C=O) groups excluding carboxylic acids is 1. The standard InChI is InChI=1S/C24H32N8O3/c1-23(2,3)35-22(33)26-24(4)9-6-10-31(16-24)21-8-7-18(27-29-21)14-32-15-20(28-30-32)17-11-19(34-5)13-25-12-17/h7-8,11-13,15H,6,9-10,14,16H2,1-5H3,(H,26,33). The lowest BCUT2D eigenvalue weighted by Gasteiger charge is -2.41. The van der Waals surface area contributed by atoms with Crippen LogP contribution < -0.4 is 15.0 Å². The maximum absolute atomic E-state index is 12.3. The molecule has 0 saturated carbocycles. The maximum atomic E-state index is 12.3. The van der Waals surface area contributed by atoms with E-state index in [1.54, 1.807) is 24.2 Å². The molecule has 1 aliphatic heterocycles. The van der Waals surface area contributed by atoms with E-state index in [9.17, 15) is 4.79 Å². The Hall–Kier alpha value is -3.76. The van der Waals surface area contributed by atoms with Gasteiger partial charge in [0, 0.05) is 24.8 Å². The van der Waals surface area contributed by atoms with Gasteiger partial charge in [0.1, 0.15) is 17.0 Å². The van der Waals surface area contributed by atoms with Crippen molar-refractivity contribution in [3.05, 3.63) is 42.5 Å². The first-order valence-corrected chi connectivity index (χ1v) is 11.6. The van der Waals surface area contributed by atoms with Gasteiger partial charge in [-0.15, -0.1) is 10.2 Å². The van der Waals surface area contributed by atoms with Gasteiger partial charge in [-0.05, 0) is 58.7 Å². The molecule has 1 atom stereocenters. The quantitative estimate of drug-likeness (QED) is 0.567. The van der Waals surface area contributed by atoms with Crippen LogP contribution in [-0.4, -0.2) is 67.6 Å². The first-order chi connectivity index (χ1) is 16.6. The summed E-state index contributed by atoms with van der Waals surface area (Å²) in [5.74, 6) is 1.43. The summed E-state index contributed by atoms with van der Waals surface area (Å²) in [5.41, 5.74) is 1.34. The summed E-state index contributed by atoms with van der Waals surface area (Å²) < 4.78 is 12.4. The van der Waals surface area contributed by atoms with Crippen LogP contribution in [0, 0.1) is 0 Å². The van der Waals surface area contributed by atoms with Gasteiger partial charge >= 0.3 is 6.09 Å². The zero-order valence-corrected chi connectivity index (χ0v) is 20.9. The predicted molar refractivity (Wildman–Crippen MR) is 130 cm³/mol. The number of nitrogens with one attached hydrogen (secondary N) is 1. The minimum atomic E-state index is -0.536. The molecule has 0 aromatic carbocycles. The summed E-state index contributed by atoms with van der Waals surface area (Å²) in [7, 11) is 1.60. The molecule has 0 radical (unpaired) electrons. The Labute approximate surface area is 204 Å². The molecule has 1 amide bonds. The largest absolute Gasteiger partial charge is 0.495 e. The zero-order valence-electron chi connectivity index (χ0n) is 20.9. The summed E-state index contributed by atoms with van der Waals surface area (Å²) in [6.07, 6.45) is 6.59. The number of aromatic nitrogens is 6. The Kier molecular flexibility index (Phi) is 6.86. The lowest BCUT2D eigenvalue weighted by Crippen LogP contribution is -2.57. The van der Waals surface area contributed by atoms with Crippen LogP contribution in [0.4, 0.5) is 10.6 Å². The van der Waals surface area contributed by atoms with Crippen molar-refractivity contribution >= 4 is 11.9 Å². The zero-order chi connectivity index (χ0) is 25.1. The first kappa shape index (κ1) is 24.4. The number of hydrogen-bond acceptors (Lipinski definition) is 9. The highest BCUT2D eigenvalue weighted by atomic mass is 16.6. The molecule has 0 aliphatic carbocycles. The highest BCUT2D eigenvalue weighted by Gasteiger charge is 2.34. The van der Waals surface area contributed by atoms with E-state index in [2.05, 4.69) is 35.7 Å². The number of nitrogens with zero attached hydrogens (tertiary/aromatic N) is 7. The number of pyridine rings is 1. The molecular weight excluding hydrogens is 448 g/mol. The molecule has 1 saturated heterocycles. The fourth-order valence-corrected chi connectivity index (χ4v) is 4.04. The van der Waals surface area contributed by atoms with Crippen molar-refractivity contribution in [3.63, 3.8) is 0 Å². The summed E-state index contributed by atoms with van der Waals surface area (Å²) in [6, 6.07) is 5.75. The number of anilines is 1. The van der Waals surface area contributed by atoms with E-state index < -0.39 is 17.2 Å². The molecule has 11 nitrogen and oxygen atoms in total. The second-order valence-corrected chi connectivity index (χ2v) is 10.0. The second kappa shape index (κ2) is 9.85. The molecule has 1 unspecified atom stereocenters. The monoisotopic (exact) mass is 480 g/mol. The Morgan fingerprint density at radius 1 is 1.20 bits per heavy atom. The van der Waals surface area contributed by atoms with Crippen LogP contribution in [0.2, 0.25) is 0 Å². The van der Waals surface area contributed by atoms with Gasteiger partial charge in [0.2, 0.25) is 0 Å². The van der Waals surface area contributed by atoms with Gasteiger partial charge in [-0.25, -0.2) is 9.48 Å². The summed E-state index contributed by atoms with van der Waals surface area (Å²) in [4.78, 5) is 18.6. The second-order valence-electron chi connectivity index (χ2n) is 10.0. The maximum Gasteiger partial charge on any atom is 0.408 e. The number of piperidine rings is 1. The Balaban J connectivity index is 1.38. The number of hydrogen-bond donors (Lipinski definition) is 1. The minimum absolute atomic E-state index is 0.403. The van der Waals surface area contributed by atoms with E-state index in [1.165, 1.54) is 0 Å². The van der Waals surface area contributed by atoms with Gasteiger partial charge in [-0.1, -0.05) is 5.21 Å². The van der Waals surface area contributed by atoms with Crippen LogP contribution in [-0.2, 0) is 11.3 Å². The third kappa shape index (κ3) is 6.43. The van der Waals surface area contributed by atoms with Gasteiger partial charge in [-0.2, -0.15) is 5.10 Å². The van der Waals surface area contributed by atoms with Crippen LogP contribution in [0.5, 0.6) is 5.75 Å². The van der Waals surface area contributed by atoms with Crippen LogP contribution in [0.25, 0.3) is 11.3 Å². The fraction of sp³-hybridized carbons (Fsp3) is 0.500. The van der Waals surface area contributed by atoms with E-state index in [1.807, 2.05) is 52.1 Å². The highest BCUT2D eigenvalue weighted by molar-refractivity contribution is 5.69. The lowest BCUT2D eigenvalue weighted by molar-refractivity contribution is 0.0454. The molecule has 1 aliphatic rings. The smallest absolute Gasteiger partial charge is 0.408 e. The van der Waals surface area contributed by atoms with E-state index >= 15 is 0 Å². The van der Waals surface area contributed by atoms with E-state index in [0.717, 1.165) is 36.5 Å². The average molecular weight is 481 g/mol. The fourth-order valence-electron chi connectivity index (χ4n) is 4.04. The number of rotatable bonds is 6. The number of carbonyl (C=O) groups is 1. The SMILES string of the molecule is COc1cncc(-c2cn(Cc3ccc(N4CCCC(C)(NC(=O)OC(C)(C)C)C4)nn3)nn2)c1. The van der Waals surface area contributed by atoms with Gasteiger partial charge in [0.05, 0.1) is 37.3 Å². The molecule has 11 heteroatoms. The molecule has 3 aromatic rings. The van der Waals surface area contributed by atoms with E-state index in [0.29, 0.717) is 24.5 Å². The Morgan fingerprint density at radius 3 is 2.74 bits per heavy atom. The van der Waals surface area contributed by atoms with Gasteiger partial charge in [-0.3, -0.25) is 4.98 Å². The van der Waals surface area contributed by atoms with Gasteiger partial charge < -0.3 is 19.7 Å². The topological polar surface area (TPSA) is 120 Å². The molecule has 1 N–H and O–H groups in total. The number of ether oxygens (including phenoxy) is 2. The van der Waals surface area contributed by atoms with Crippen LogP contribution in [0.3, 0.4) is 0 Å². The van der Waals surface area contributed by atoms with Crippen molar-refractivity contribution in [2.24, 2.45) is 0 Å². The first-order valence-electron chi connectivity index (χ1n) is 11.6. The van der Waals surface area contributed by atoms with Crippen LogP contribution in [0.15, 0.2) is 36.8 Å². The van der Waals surface area contributed by atoms with Gasteiger partial charge in [0.15, 0.2) is 5.82 Å². The number of methoxy groups -OCH3 is 1. The summed E-state index contributed by atoms with van der Waals surface area (Å²) in [6.45, 7) is 9.52. The Bertz CT molecular complexity index is 1160. The number of amides is 1. The van der Waals surface area contributed by atoms with Crippen molar-refractivity contribution in [1.82, 2.24) is 35.5 Å². The predicted octanol–water partition coefficient (Wildman–Crippen LogP) is 3.07. The molecular formula is C24H32N8O3. The Morgan fingerprint density at radius 2 is 2.03 bits per heavy atom. The van der Waals surface area contributed by atoms with Crippen molar-refractivity contribution in [2.75, 3.05) is 25.1 Å². The van der Waals surface area contributed by atoms with E-state index in [-0.39, 0.29) is 0 Å². The molecule has 0 spiro atoms. The molecule has 3 aromatic heterocycles. The third-order valence-electron chi connectivity index (χ3n) is 5.64. The molecule has 0 bridgehead atoms. The summed E-state index contributed by atoms with van der Waals surface area (Å²) in [5, 5.41) is 20.3. The van der Waals surface area contributed by atoms with Crippen molar-refractivity contribution < 1.29 is 14.3 Å². The molecule has 1 fully saturated rings.